The summed E-state index contributed by atoms with van der Waals surface area (Å²) in [6.07, 6.45) is 15.6. The zero-order valence-corrected chi connectivity index (χ0v) is 24.0. The van der Waals surface area contributed by atoms with E-state index in [0.717, 1.165) is 77.4 Å². The lowest BCUT2D eigenvalue weighted by molar-refractivity contribution is -0.278. The van der Waals surface area contributed by atoms with Crippen molar-refractivity contribution in [2.24, 2.45) is 28.6 Å². The summed E-state index contributed by atoms with van der Waals surface area (Å²) >= 11 is 0. The van der Waals surface area contributed by atoms with Crippen LogP contribution in [0.25, 0.3) is 0 Å². The Labute approximate surface area is 229 Å². The minimum atomic E-state index is -0.251. The van der Waals surface area contributed by atoms with Gasteiger partial charge in [0.15, 0.2) is 12.6 Å². The van der Waals surface area contributed by atoms with Crippen LogP contribution in [0.2, 0.25) is 0 Å². The molecule has 6 aliphatic rings. The fourth-order valence-electron chi connectivity index (χ4n) is 9.46. The van der Waals surface area contributed by atoms with Crippen LogP contribution < -0.4 is 0 Å². The molecule has 2 unspecified atom stereocenters. The van der Waals surface area contributed by atoms with Gasteiger partial charge in [0, 0.05) is 25.7 Å². The first-order chi connectivity index (χ1) is 18.4. The SMILES string of the molecule is CO[C@@H]1[C@H](OC2CCCCO2)CC2=CC=C3[C@@H]4CC[C@H]([C@H](C)O)[C@@]4(C)CC[C@@H]3[C@@]2(C)[C@H]1OC1CCCCO1. The van der Waals surface area contributed by atoms with Crippen molar-refractivity contribution in [2.45, 2.75) is 128 Å². The van der Waals surface area contributed by atoms with E-state index in [1.807, 2.05) is 14.0 Å². The van der Waals surface area contributed by atoms with Gasteiger partial charge in [-0.1, -0.05) is 37.1 Å². The molecule has 11 atom stereocenters. The summed E-state index contributed by atoms with van der Waals surface area (Å²) in [6, 6.07) is 0. The van der Waals surface area contributed by atoms with Crippen molar-refractivity contribution in [1.82, 2.24) is 0 Å². The number of fused-ring (bicyclic) bond motifs is 5. The van der Waals surface area contributed by atoms with Gasteiger partial charge in [-0.25, -0.2) is 0 Å². The van der Waals surface area contributed by atoms with Crippen molar-refractivity contribution in [2.75, 3.05) is 20.3 Å². The average Bonchev–Trinajstić information content (AvgIpc) is 3.28. The highest BCUT2D eigenvalue weighted by atomic mass is 16.7. The molecule has 1 N–H and O–H groups in total. The van der Waals surface area contributed by atoms with Crippen LogP contribution >= 0.6 is 0 Å². The first-order valence-corrected chi connectivity index (χ1v) is 15.5. The lowest BCUT2D eigenvalue weighted by Gasteiger charge is -2.59. The molecule has 0 radical (unpaired) electrons. The van der Waals surface area contributed by atoms with E-state index >= 15 is 0 Å². The molecule has 6 heteroatoms. The topological polar surface area (TPSA) is 66.4 Å². The molecule has 2 saturated heterocycles. The second kappa shape index (κ2) is 10.9. The van der Waals surface area contributed by atoms with Crippen molar-refractivity contribution in [3.8, 4) is 0 Å². The Morgan fingerprint density at radius 2 is 1.61 bits per heavy atom. The largest absolute Gasteiger partial charge is 0.393 e. The molecule has 0 bridgehead atoms. The highest BCUT2D eigenvalue weighted by Gasteiger charge is 2.62. The highest BCUT2D eigenvalue weighted by molar-refractivity contribution is 5.41. The van der Waals surface area contributed by atoms with Crippen LogP contribution in [0.4, 0.5) is 0 Å². The Morgan fingerprint density at radius 1 is 0.895 bits per heavy atom. The Morgan fingerprint density at radius 3 is 2.24 bits per heavy atom. The Balaban J connectivity index is 1.35. The lowest BCUT2D eigenvalue weighted by Crippen LogP contribution is -2.62. The van der Waals surface area contributed by atoms with Crippen molar-refractivity contribution >= 4 is 0 Å². The van der Waals surface area contributed by atoms with E-state index in [1.165, 1.54) is 12.0 Å². The molecule has 0 aromatic rings. The first-order valence-electron chi connectivity index (χ1n) is 15.5. The molecule has 2 heterocycles. The van der Waals surface area contributed by atoms with Crippen molar-refractivity contribution in [1.29, 1.82) is 0 Å². The normalized spacial score (nSPS) is 47.8. The number of ether oxygens (including phenoxy) is 5. The van der Waals surface area contributed by atoms with Crippen LogP contribution in [0.3, 0.4) is 0 Å². The van der Waals surface area contributed by atoms with Gasteiger partial charge in [0.05, 0.1) is 18.3 Å². The zero-order chi connectivity index (χ0) is 26.5. The molecule has 0 spiro atoms. The van der Waals surface area contributed by atoms with E-state index in [1.54, 1.807) is 5.57 Å². The van der Waals surface area contributed by atoms with Gasteiger partial charge < -0.3 is 28.8 Å². The van der Waals surface area contributed by atoms with E-state index in [2.05, 4.69) is 26.0 Å². The maximum atomic E-state index is 10.6. The van der Waals surface area contributed by atoms with Crippen molar-refractivity contribution in [3.63, 3.8) is 0 Å². The predicted octanol–water partition coefficient (Wildman–Crippen LogP) is 5.92. The predicted molar refractivity (Wildman–Crippen MR) is 145 cm³/mol. The molecular weight excluding hydrogens is 480 g/mol. The highest BCUT2D eigenvalue weighted by Crippen LogP contribution is 2.66. The minimum absolute atomic E-state index is 0.106. The monoisotopic (exact) mass is 530 g/mol. The number of hydrogen-bond acceptors (Lipinski definition) is 6. The zero-order valence-electron chi connectivity index (χ0n) is 24.0. The van der Waals surface area contributed by atoms with E-state index in [-0.39, 0.29) is 47.8 Å². The van der Waals surface area contributed by atoms with Gasteiger partial charge in [-0.3, -0.25) is 0 Å². The van der Waals surface area contributed by atoms with E-state index in [4.69, 9.17) is 23.7 Å². The molecule has 5 fully saturated rings. The second-order valence-electron chi connectivity index (χ2n) is 13.4. The molecule has 6 nitrogen and oxygen atoms in total. The van der Waals surface area contributed by atoms with Gasteiger partial charge in [-0.2, -0.15) is 0 Å². The Kier molecular flexibility index (Phi) is 7.87. The number of hydrogen-bond donors (Lipinski definition) is 1. The summed E-state index contributed by atoms with van der Waals surface area (Å²) in [6.45, 7) is 8.41. The number of aliphatic hydroxyl groups is 1. The van der Waals surface area contributed by atoms with Crippen LogP contribution in [0.1, 0.15) is 91.4 Å². The van der Waals surface area contributed by atoms with Crippen LogP contribution in [0, 0.1) is 28.6 Å². The molecular formula is C32H50O6. The molecule has 0 aromatic heterocycles. The molecule has 4 aliphatic carbocycles. The third-order valence-electron chi connectivity index (χ3n) is 11.5. The van der Waals surface area contributed by atoms with Gasteiger partial charge in [0.1, 0.15) is 6.10 Å². The summed E-state index contributed by atoms with van der Waals surface area (Å²) in [4.78, 5) is 0. The number of aliphatic hydroxyl groups excluding tert-OH is 1. The maximum absolute atomic E-state index is 10.6. The maximum Gasteiger partial charge on any atom is 0.158 e. The number of rotatable bonds is 6. The molecule has 3 saturated carbocycles. The lowest BCUT2D eigenvalue weighted by atomic mass is 9.49. The van der Waals surface area contributed by atoms with Gasteiger partial charge in [-0.05, 0) is 101 Å². The Hall–Kier alpha value is -0.760. The summed E-state index contributed by atoms with van der Waals surface area (Å²) in [5, 5.41) is 10.6. The summed E-state index contributed by atoms with van der Waals surface area (Å²) in [5.41, 5.74) is 3.00. The van der Waals surface area contributed by atoms with Gasteiger partial charge in [0.2, 0.25) is 0 Å². The first kappa shape index (κ1) is 27.4. The quantitative estimate of drug-likeness (QED) is 0.460. The molecule has 2 aliphatic heterocycles. The van der Waals surface area contributed by atoms with Gasteiger partial charge >= 0.3 is 0 Å². The summed E-state index contributed by atoms with van der Waals surface area (Å²) < 4.78 is 32.1. The molecule has 214 valence electrons. The number of allylic oxidation sites excluding steroid dienone is 3. The number of methoxy groups -OCH3 is 1. The molecule has 0 amide bonds. The standard InChI is InChI=1S/C32H50O6/c1-20(33)23-13-14-24-22-12-11-21-19-26(37-27-9-5-7-17-35-27)29(34-4)30(38-28-10-6-8-18-36-28)32(21,3)25(22)15-16-31(23,24)2/h11-12,20,23-30,33H,5-10,13-19H2,1-4H3/t20-,23+,24-,25-,26+,27?,28?,29+,30-,31+,32-/m0/s1. The third kappa shape index (κ3) is 4.55. The smallest absolute Gasteiger partial charge is 0.158 e. The van der Waals surface area contributed by atoms with Crippen molar-refractivity contribution < 1.29 is 28.8 Å². The Bertz CT molecular complexity index is 902. The van der Waals surface area contributed by atoms with Crippen LogP contribution in [0.15, 0.2) is 23.3 Å². The fourth-order valence-corrected chi connectivity index (χ4v) is 9.46. The van der Waals surface area contributed by atoms with E-state index in [0.29, 0.717) is 17.8 Å². The summed E-state index contributed by atoms with van der Waals surface area (Å²) in [7, 11) is 1.82. The van der Waals surface area contributed by atoms with Crippen molar-refractivity contribution in [3.05, 3.63) is 23.3 Å². The van der Waals surface area contributed by atoms with Crippen LogP contribution in [-0.4, -0.2) is 62.4 Å². The second-order valence-corrected chi connectivity index (χ2v) is 13.4. The average molecular weight is 531 g/mol. The fraction of sp³-hybridized carbons (Fsp3) is 0.875. The molecule has 6 rings (SSSR count). The van der Waals surface area contributed by atoms with Gasteiger partial charge in [0.25, 0.3) is 0 Å². The third-order valence-corrected chi connectivity index (χ3v) is 11.5. The van der Waals surface area contributed by atoms with Crippen LogP contribution in [0.5, 0.6) is 0 Å². The van der Waals surface area contributed by atoms with Gasteiger partial charge in [-0.15, -0.1) is 0 Å². The van der Waals surface area contributed by atoms with E-state index in [9.17, 15) is 5.11 Å². The summed E-state index contributed by atoms with van der Waals surface area (Å²) in [5.74, 6) is 1.31. The minimum Gasteiger partial charge on any atom is -0.393 e. The van der Waals surface area contributed by atoms with E-state index < -0.39 is 0 Å². The molecule has 0 aromatic carbocycles. The molecule has 38 heavy (non-hydrogen) atoms. The van der Waals surface area contributed by atoms with Crippen LogP contribution in [-0.2, 0) is 23.7 Å².